The van der Waals surface area contributed by atoms with Crippen molar-refractivity contribution in [2.24, 2.45) is 0 Å². The van der Waals surface area contributed by atoms with Crippen LogP contribution in [0.25, 0.3) is 0 Å². The molecule has 0 spiro atoms. The van der Waals surface area contributed by atoms with Gasteiger partial charge in [0.05, 0.1) is 17.7 Å². The molecule has 0 N–H and O–H groups in total. The van der Waals surface area contributed by atoms with E-state index in [1.54, 1.807) is 6.07 Å². The van der Waals surface area contributed by atoms with Crippen molar-refractivity contribution in [2.45, 2.75) is 64.2 Å². The van der Waals surface area contributed by atoms with Crippen molar-refractivity contribution in [1.29, 1.82) is 0 Å². The molecule has 1 aromatic rings. The van der Waals surface area contributed by atoms with Gasteiger partial charge in [-0.15, -0.1) is 0 Å². The Balaban J connectivity index is 0.00000729. The Hall–Kier alpha value is -0.930. The molecule has 0 fully saturated rings. The smallest absolute Gasteiger partial charge is 0.745 e. The molecule has 0 amide bonds. The number of esters is 2. The van der Waals surface area contributed by atoms with E-state index < -0.39 is 27.5 Å². The average Bonchev–Trinajstić information content (AvgIpc) is 2.64. The monoisotopic (exact) mass is 422 g/mol. The minimum absolute atomic E-state index is 0. The van der Waals surface area contributed by atoms with Gasteiger partial charge < -0.3 is 14.0 Å². The van der Waals surface area contributed by atoms with Crippen molar-refractivity contribution in [2.75, 3.05) is 6.61 Å². The van der Waals surface area contributed by atoms with E-state index in [1.165, 1.54) is 31.5 Å². The van der Waals surface area contributed by atoms with Crippen molar-refractivity contribution >= 4 is 22.1 Å². The second kappa shape index (κ2) is 14.1. The van der Waals surface area contributed by atoms with Crippen LogP contribution in [0.3, 0.4) is 0 Å². The molecule has 0 radical (unpaired) electrons. The van der Waals surface area contributed by atoms with Crippen LogP contribution in [0.5, 0.6) is 0 Å². The van der Waals surface area contributed by atoms with Crippen LogP contribution in [-0.4, -0.2) is 37.0 Å². The second-order valence-corrected chi connectivity index (χ2v) is 7.70. The SMILES string of the molecule is CCCCCCCCOC(=O)c1ccccc1C(=O)OC(CC)S(=O)(=O)[O-].[Na+]. The Morgan fingerprint density at radius 2 is 1.50 bits per heavy atom. The molecule has 0 bridgehead atoms. The van der Waals surface area contributed by atoms with Crippen molar-refractivity contribution in [1.82, 2.24) is 0 Å². The Labute approximate surface area is 189 Å². The molecule has 0 aliphatic rings. The third-order valence-electron chi connectivity index (χ3n) is 3.99. The molecular weight excluding hydrogens is 395 g/mol. The van der Waals surface area contributed by atoms with Gasteiger partial charge >= 0.3 is 41.5 Å². The molecule has 28 heavy (non-hydrogen) atoms. The van der Waals surface area contributed by atoms with Crippen molar-refractivity contribution in [3.05, 3.63) is 35.4 Å². The summed E-state index contributed by atoms with van der Waals surface area (Å²) in [6.07, 6.45) is 6.09. The summed E-state index contributed by atoms with van der Waals surface area (Å²) in [6.45, 7) is 3.79. The Bertz CT molecular complexity index is 719. The van der Waals surface area contributed by atoms with Crippen molar-refractivity contribution in [3.8, 4) is 0 Å². The van der Waals surface area contributed by atoms with Crippen LogP contribution >= 0.6 is 0 Å². The largest absolute Gasteiger partial charge is 1.00 e. The zero-order valence-corrected chi connectivity index (χ0v) is 19.6. The van der Waals surface area contributed by atoms with Crippen LogP contribution in [0.2, 0.25) is 0 Å². The first kappa shape index (κ1) is 27.1. The van der Waals surface area contributed by atoms with Crippen molar-refractivity contribution < 1.29 is 61.6 Å². The fourth-order valence-corrected chi connectivity index (χ4v) is 3.11. The first-order valence-electron chi connectivity index (χ1n) is 9.23. The number of unbranched alkanes of at least 4 members (excludes halogenated alkanes) is 5. The van der Waals surface area contributed by atoms with Gasteiger partial charge in [-0.25, -0.2) is 18.0 Å². The van der Waals surface area contributed by atoms with Gasteiger partial charge in [0.2, 0.25) is 0 Å². The molecule has 0 aliphatic heterocycles. The normalized spacial score (nSPS) is 12.0. The topological polar surface area (TPSA) is 110 Å². The number of carbonyl (C=O) groups is 2. The maximum absolute atomic E-state index is 12.2. The summed E-state index contributed by atoms with van der Waals surface area (Å²) < 4.78 is 43.2. The van der Waals surface area contributed by atoms with E-state index in [9.17, 15) is 22.6 Å². The van der Waals surface area contributed by atoms with E-state index in [1.807, 2.05) is 0 Å². The van der Waals surface area contributed by atoms with Crippen LogP contribution in [0.1, 0.15) is 79.5 Å². The Kier molecular flexibility index (Phi) is 13.6. The maximum atomic E-state index is 12.2. The van der Waals surface area contributed by atoms with Gasteiger partial charge in [0.25, 0.3) is 0 Å². The molecule has 0 aromatic heterocycles. The van der Waals surface area contributed by atoms with Gasteiger partial charge in [-0.2, -0.15) is 0 Å². The standard InChI is InChI=1S/C19H28O7S.Na/c1-3-5-6-7-8-11-14-25-18(20)15-12-9-10-13-16(15)19(21)26-17(4-2)27(22,23)24;/h9-10,12-13,17H,3-8,11,14H2,1-2H3,(H,22,23,24);/q;+1/p-1. The van der Waals surface area contributed by atoms with E-state index in [0.29, 0.717) is 0 Å². The molecule has 1 unspecified atom stereocenters. The van der Waals surface area contributed by atoms with E-state index in [0.717, 1.165) is 32.1 Å². The maximum Gasteiger partial charge on any atom is 1.00 e. The molecule has 0 saturated carbocycles. The second-order valence-electron chi connectivity index (χ2n) is 6.19. The number of hydrogen-bond acceptors (Lipinski definition) is 7. The van der Waals surface area contributed by atoms with E-state index in [4.69, 9.17) is 9.47 Å². The summed E-state index contributed by atoms with van der Waals surface area (Å²) in [7, 11) is -4.79. The molecular formula is C19H27NaO7S. The predicted molar refractivity (Wildman–Crippen MR) is 99.3 cm³/mol. The molecule has 0 aliphatic carbocycles. The molecule has 1 aromatic carbocycles. The number of rotatable bonds is 12. The number of benzene rings is 1. The van der Waals surface area contributed by atoms with Gasteiger partial charge in [0.15, 0.2) is 5.44 Å². The van der Waals surface area contributed by atoms with Crippen LogP contribution in [0.4, 0.5) is 0 Å². The molecule has 0 saturated heterocycles. The van der Waals surface area contributed by atoms with Crippen LogP contribution in [-0.2, 0) is 19.6 Å². The number of hydrogen-bond donors (Lipinski definition) is 0. The van der Waals surface area contributed by atoms with Crippen LogP contribution in [0.15, 0.2) is 24.3 Å². The van der Waals surface area contributed by atoms with Crippen LogP contribution in [0, 0.1) is 0 Å². The van der Waals surface area contributed by atoms with Crippen LogP contribution < -0.4 is 29.6 Å². The molecule has 7 nitrogen and oxygen atoms in total. The van der Waals surface area contributed by atoms with E-state index in [-0.39, 0.29) is 53.7 Å². The average molecular weight is 422 g/mol. The Morgan fingerprint density at radius 3 is 2.04 bits per heavy atom. The van der Waals surface area contributed by atoms with Gasteiger partial charge in [-0.1, -0.05) is 58.1 Å². The fourth-order valence-electron chi connectivity index (χ4n) is 2.49. The van der Waals surface area contributed by atoms with Gasteiger partial charge in [-0.3, -0.25) is 0 Å². The minimum atomic E-state index is -4.79. The first-order chi connectivity index (χ1) is 12.8. The third kappa shape index (κ3) is 9.52. The minimum Gasteiger partial charge on any atom is -0.745 e. The van der Waals surface area contributed by atoms with Gasteiger partial charge in [-0.05, 0) is 25.0 Å². The summed E-state index contributed by atoms with van der Waals surface area (Å²) in [5.74, 6) is -1.73. The fraction of sp³-hybridized carbons (Fsp3) is 0.579. The zero-order valence-electron chi connectivity index (χ0n) is 16.8. The predicted octanol–water partition coefficient (Wildman–Crippen LogP) is 0.646. The van der Waals surface area contributed by atoms with E-state index >= 15 is 0 Å². The summed E-state index contributed by atoms with van der Waals surface area (Å²) in [6, 6.07) is 5.79. The van der Waals surface area contributed by atoms with Crippen molar-refractivity contribution in [3.63, 3.8) is 0 Å². The summed E-state index contributed by atoms with van der Waals surface area (Å²) in [5.41, 5.74) is -1.95. The Morgan fingerprint density at radius 1 is 0.964 bits per heavy atom. The summed E-state index contributed by atoms with van der Waals surface area (Å²) in [4.78, 5) is 24.5. The molecule has 152 valence electrons. The molecule has 1 rings (SSSR count). The molecule has 9 heteroatoms. The summed E-state index contributed by atoms with van der Waals surface area (Å²) in [5, 5.41) is 0. The zero-order chi connectivity index (χ0) is 20.3. The third-order valence-corrected chi connectivity index (χ3v) is 5.07. The molecule has 0 heterocycles. The first-order valence-corrected chi connectivity index (χ1v) is 10.7. The summed E-state index contributed by atoms with van der Waals surface area (Å²) >= 11 is 0. The quantitative estimate of drug-likeness (QED) is 0.210. The number of carbonyl (C=O) groups excluding carboxylic acids is 2. The van der Waals surface area contributed by atoms with Gasteiger partial charge in [0, 0.05) is 0 Å². The molecule has 1 atom stereocenters. The van der Waals surface area contributed by atoms with E-state index in [2.05, 4.69) is 6.92 Å². The number of ether oxygens (including phenoxy) is 2. The van der Waals surface area contributed by atoms with Gasteiger partial charge in [0.1, 0.15) is 10.1 Å².